The maximum atomic E-state index is 10.7. The Bertz CT molecular complexity index is 596. The van der Waals surface area contributed by atoms with Gasteiger partial charge >= 0.3 is 0 Å². The van der Waals surface area contributed by atoms with Crippen LogP contribution in [0.2, 0.25) is 5.02 Å². The molecular weight excluding hydrogens is 316 g/mol. The van der Waals surface area contributed by atoms with Crippen LogP contribution < -0.4 is 4.74 Å². The Hall–Kier alpha value is -1.32. The number of ether oxygens (including phenoxy) is 1. The molecule has 0 N–H and O–H groups in total. The van der Waals surface area contributed by atoms with E-state index in [1.54, 1.807) is 36.4 Å². The fourth-order valence-electron chi connectivity index (χ4n) is 1.54. The van der Waals surface area contributed by atoms with Crippen molar-refractivity contribution in [1.29, 1.82) is 0 Å². The Kier molecular flexibility index (Phi) is 4.04. The molecule has 0 atom stereocenters. The van der Waals surface area contributed by atoms with Crippen LogP contribution in [0.5, 0.6) is 11.5 Å². The average Bonchev–Trinajstić information content (AvgIpc) is 2.34. The maximum Gasteiger partial charge on any atom is 0.150 e. The maximum absolute atomic E-state index is 10.7. The van der Waals surface area contributed by atoms with Crippen molar-refractivity contribution >= 4 is 33.8 Å². The Labute approximate surface area is 119 Å². The van der Waals surface area contributed by atoms with E-state index in [9.17, 15) is 4.79 Å². The summed E-state index contributed by atoms with van der Waals surface area (Å²) in [7, 11) is 0. The standard InChI is InChI=1S/C14H10BrClO2/c1-9-6-10(8-17)2-4-13(9)18-14-5-3-11(16)7-12(14)15/h2-8H,1H3. The number of benzene rings is 2. The number of carbonyl (C=O) groups is 1. The minimum Gasteiger partial charge on any atom is -0.456 e. The first-order valence-electron chi connectivity index (χ1n) is 5.29. The molecule has 92 valence electrons. The van der Waals surface area contributed by atoms with E-state index in [1.165, 1.54) is 0 Å². The number of halogens is 2. The van der Waals surface area contributed by atoms with E-state index in [0.29, 0.717) is 22.1 Å². The van der Waals surface area contributed by atoms with E-state index in [2.05, 4.69) is 15.9 Å². The number of rotatable bonds is 3. The molecule has 18 heavy (non-hydrogen) atoms. The van der Waals surface area contributed by atoms with Gasteiger partial charge in [-0.15, -0.1) is 0 Å². The molecule has 0 spiro atoms. The molecule has 0 aliphatic carbocycles. The molecule has 0 unspecified atom stereocenters. The molecule has 0 fully saturated rings. The molecule has 0 radical (unpaired) electrons. The van der Waals surface area contributed by atoms with Crippen LogP contribution >= 0.6 is 27.5 Å². The fourth-order valence-corrected chi connectivity index (χ4v) is 2.30. The van der Waals surface area contributed by atoms with Gasteiger partial charge < -0.3 is 4.74 Å². The van der Waals surface area contributed by atoms with Gasteiger partial charge in [-0.05, 0) is 64.8 Å². The van der Waals surface area contributed by atoms with Crippen molar-refractivity contribution in [3.63, 3.8) is 0 Å². The molecule has 2 rings (SSSR count). The van der Waals surface area contributed by atoms with E-state index in [1.807, 2.05) is 6.92 Å². The number of carbonyl (C=O) groups excluding carboxylic acids is 1. The number of hydrogen-bond acceptors (Lipinski definition) is 2. The highest BCUT2D eigenvalue weighted by Crippen LogP contribution is 2.33. The molecule has 0 aliphatic heterocycles. The van der Waals surface area contributed by atoms with Gasteiger partial charge in [-0.1, -0.05) is 11.6 Å². The average molecular weight is 326 g/mol. The molecule has 0 aromatic heterocycles. The highest BCUT2D eigenvalue weighted by molar-refractivity contribution is 9.10. The molecule has 0 heterocycles. The zero-order valence-corrected chi connectivity index (χ0v) is 12.0. The summed E-state index contributed by atoms with van der Waals surface area (Å²) in [6.07, 6.45) is 0.814. The normalized spacial score (nSPS) is 10.2. The predicted octanol–water partition coefficient (Wildman–Crippen LogP) is 5.02. The largest absolute Gasteiger partial charge is 0.456 e. The lowest BCUT2D eigenvalue weighted by atomic mass is 10.1. The van der Waals surface area contributed by atoms with Crippen molar-refractivity contribution in [2.24, 2.45) is 0 Å². The summed E-state index contributed by atoms with van der Waals surface area (Å²) in [4.78, 5) is 10.7. The summed E-state index contributed by atoms with van der Waals surface area (Å²) in [6, 6.07) is 10.6. The highest BCUT2D eigenvalue weighted by Gasteiger charge is 2.06. The third-order valence-corrected chi connectivity index (χ3v) is 3.30. The van der Waals surface area contributed by atoms with E-state index in [-0.39, 0.29) is 0 Å². The molecule has 0 saturated heterocycles. The van der Waals surface area contributed by atoms with Gasteiger partial charge in [0.05, 0.1) is 4.47 Å². The topological polar surface area (TPSA) is 26.3 Å². The van der Waals surface area contributed by atoms with Crippen molar-refractivity contribution in [3.05, 3.63) is 57.0 Å². The third kappa shape index (κ3) is 2.92. The van der Waals surface area contributed by atoms with Crippen molar-refractivity contribution in [3.8, 4) is 11.5 Å². The first kappa shape index (κ1) is 13.1. The van der Waals surface area contributed by atoms with E-state index in [4.69, 9.17) is 16.3 Å². The zero-order chi connectivity index (χ0) is 13.1. The Morgan fingerprint density at radius 3 is 2.50 bits per heavy atom. The van der Waals surface area contributed by atoms with E-state index < -0.39 is 0 Å². The second-order valence-corrected chi connectivity index (χ2v) is 5.11. The summed E-state index contributed by atoms with van der Waals surface area (Å²) < 4.78 is 6.56. The molecule has 0 amide bonds. The molecule has 2 nitrogen and oxygen atoms in total. The van der Waals surface area contributed by atoms with Gasteiger partial charge in [-0.2, -0.15) is 0 Å². The monoisotopic (exact) mass is 324 g/mol. The lowest BCUT2D eigenvalue weighted by Crippen LogP contribution is -1.90. The number of hydrogen-bond donors (Lipinski definition) is 0. The van der Waals surface area contributed by atoms with Crippen LogP contribution in [0.3, 0.4) is 0 Å². The molecule has 2 aromatic carbocycles. The van der Waals surface area contributed by atoms with Crippen LogP contribution in [0.25, 0.3) is 0 Å². The van der Waals surface area contributed by atoms with Crippen molar-refractivity contribution in [1.82, 2.24) is 0 Å². The molecule has 4 heteroatoms. The van der Waals surface area contributed by atoms with Crippen molar-refractivity contribution < 1.29 is 9.53 Å². The number of aldehydes is 1. The van der Waals surface area contributed by atoms with Crippen molar-refractivity contribution in [2.45, 2.75) is 6.92 Å². The van der Waals surface area contributed by atoms with Crippen LogP contribution in [-0.4, -0.2) is 6.29 Å². The summed E-state index contributed by atoms with van der Waals surface area (Å²) in [5.41, 5.74) is 1.54. The summed E-state index contributed by atoms with van der Waals surface area (Å²) in [5, 5.41) is 0.641. The highest BCUT2D eigenvalue weighted by atomic mass is 79.9. The quantitative estimate of drug-likeness (QED) is 0.741. The second kappa shape index (κ2) is 5.55. The SMILES string of the molecule is Cc1cc(C=O)ccc1Oc1ccc(Cl)cc1Br. The first-order chi connectivity index (χ1) is 8.60. The van der Waals surface area contributed by atoms with Gasteiger partial charge in [0.25, 0.3) is 0 Å². The van der Waals surface area contributed by atoms with Crippen molar-refractivity contribution in [2.75, 3.05) is 0 Å². The number of aryl methyl sites for hydroxylation is 1. The molecule has 2 aromatic rings. The zero-order valence-electron chi connectivity index (χ0n) is 9.61. The minimum atomic E-state index is 0.634. The minimum absolute atomic E-state index is 0.634. The van der Waals surface area contributed by atoms with Crippen LogP contribution in [-0.2, 0) is 0 Å². The lowest BCUT2D eigenvalue weighted by molar-refractivity contribution is 0.112. The smallest absolute Gasteiger partial charge is 0.150 e. The summed E-state index contributed by atoms with van der Waals surface area (Å²) >= 11 is 9.26. The molecule has 0 aliphatic rings. The van der Waals surface area contributed by atoms with Gasteiger partial charge in [0, 0.05) is 10.6 Å². The fraction of sp³-hybridized carbons (Fsp3) is 0.0714. The Morgan fingerprint density at radius 1 is 1.17 bits per heavy atom. The van der Waals surface area contributed by atoms with Gasteiger partial charge in [0.15, 0.2) is 0 Å². The Balaban J connectivity index is 2.31. The molecule has 0 saturated carbocycles. The first-order valence-corrected chi connectivity index (χ1v) is 6.46. The van der Waals surface area contributed by atoms with Crippen LogP contribution in [0.1, 0.15) is 15.9 Å². The van der Waals surface area contributed by atoms with Gasteiger partial charge in [0.1, 0.15) is 17.8 Å². The summed E-state index contributed by atoms with van der Waals surface area (Å²) in [5.74, 6) is 1.39. The second-order valence-electron chi connectivity index (χ2n) is 3.82. The Morgan fingerprint density at radius 2 is 1.89 bits per heavy atom. The van der Waals surface area contributed by atoms with Gasteiger partial charge in [-0.25, -0.2) is 0 Å². The van der Waals surface area contributed by atoms with Gasteiger partial charge in [-0.3, -0.25) is 4.79 Å². The molecule has 0 bridgehead atoms. The summed E-state index contributed by atoms with van der Waals surface area (Å²) in [6.45, 7) is 1.89. The van der Waals surface area contributed by atoms with Crippen LogP contribution in [0.4, 0.5) is 0 Å². The van der Waals surface area contributed by atoms with E-state index >= 15 is 0 Å². The van der Waals surface area contributed by atoms with E-state index in [0.717, 1.165) is 16.3 Å². The third-order valence-electron chi connectivity index (χ3n) is 2.45. The van der Waals surface area contributed by atoms with Crippen LogP contribution in [0.15, 0.2) is 40.9 Å². The lowest BCUT2D eigenvalue weighted by Gasteiger charge is -2.10. The van der Waals surface area contributed by atoms with Crippen LogP contribution in [0, 0.1) is 6.92 Å². The predicted molar refractivity (Wildman–Crippen MR) is 75.8 cm³/mol. The molecular formula is C14H10BrClO2. The van der Waals surface area contributed by atoms with Gasteiger partial charge in [0.2, 0.25) is 0 Å².